The van der Waals surface area contributed by atoms with Gasteiger partial charge in [0.25, 0.3) is 0 Å². The maximum Gasteiger partial charge on any atom is 0.408 e. The third-order valence-corrected chi connectivity index (χ3v) is 10.3. The van der Waals surface area contributed by atoms with Crippen LogP contribution in [-0.4, -0.2) is 81.6 Å². The molecular weight excluding hydrogens is 616 g/mol. The van der Waals surface area contributed by atoms with Gasteiger partial charge in [-0.3, -0.25) is 9.69 Å². The van der Waals surface area contributed by atoms with Gasteiger partial charge in [0, 0.05) is 24.5 Å². The number of benzene rings is 2. The normalized spacial score (nSPS) is 20.2. The number of aliphatic hydroxyl groups is 1. The molecule has 47 heavy (non-hydrogen) atoms. The first kappa shape index (κ1) is 33.0. The van der Waals surface area contributed by atoms with E-state index in [0.29, 0.717) is 35.5 Å². The van der Waals surface area contributed by atoms with Crippen LogP contribution in [-0.2, 0) is 0 Å². The largest absolute Gasteiger partial charge is 0.506 e. The van der Waals surface area contributed by atoms with Crippen LogP contribution in [0.15, 0.2) is 70.2 Å². The number of carbonyl (C=O) groups is 1. The van der Waals surface area contributed by atoms with Gasteiger partial charge in [-0.15, -0.1) is 0 Å². The molecule has 0 spiro atoms. The van der Waals surface area contributed by atoms with E-state index < -0.39 is 12.2 Å². The summed E-state index contributed by atoms with van der Waals surface area (Å²) in [6.45, 7) is 4.62. The van der Waals surface area contributed by atoms with E-state index in [2.05, 4.69) is 20.6 Å². The number of amides is 1. The molecule has 2 aromatic heterocycles. The Hall–Kier alpha value is -3.90. The molecule has 3 aliphatic rings. The Morgan fingerprint density at radius 1 is 1.06 bits per heavy atom. The summed E-state index contributed by atoms with van der Waals surface area (Å²) in [4.78, 5) is 31.2. The minimum absolute atomic E-state index is 0.0229. The van der Waals surface area contributed by atoms with Crippen molar-refractivity contribution in [2.75, 3.05) is 39.3 Å². The lowest BCUT2D eigenvalue weighted by molar-refractivity contribution is -0.000757. The number of aromatic amines is 1. The van der Waals surface area contributed by atoms with Gasteiger partial charge in [-0.05, 0) is 109 Å². The lowest BCUT2D eigenvalue weighted by Gasteiger charge is -2.50. The molecular formula is C36H44N4O6S. The maximum absolute atomic E-state index is 12.8. The first-order valence-electron chi connectivity index (χ1n) is 16.6. The Balaban J connectivity index is 0.966. The molecule has 0 aliphatic carbocycles. The highest BCUT2D eigenvalue weighted by Crippen LogP contribution is 2.39. The molecule has 250 valence electrons. The molecule has 4 aromatic rings. The standard InChI is InChI=1S/C36H44N4O6S/c41-31-10-8-28(29-9-11-33(43)38-34(29)31)32(42)21-37-15-3-1-2-4-18-46-27-7-5-6-25(20-27)35(26-14-19-47-23-26)40(36(44)45)30-22-39-16-12-24(30)13-17-39/h5-11,14,19-20,23-24,30,32,35,37,41-42H,1-4,12-13,15-18,21-22H2,(H,38,43)(H,44,45). The van der Waals surface area contributed by atoms with Crippen molar-refractivity contribution in [1.82, 2.24) is 20.1 Å². The second-order valence-electron chi connectivity index (χ2n) is 12.7. The summed E-state index contributed by atoms with van der Waals surface area (Å²) < 4.78 is 6.15. The molecule has 1 amide bonds. The molecule has 0 saturated carbocycles. The average Bonchev–Trinajstić information content (AvgIpc) is 3.62. The van der Waals surface area contributed by atoms with E-state index in [0.717, 1.165) is 81.6 Å². The number of H-pyrrole nitrogens is 1. The fraction of sp³-hybridized carbons (Fsp3) is 0.444. The quantitative estimate of drug-likeness (QED) is 0.102. The van der Waals surface area contributed by atoms with Crippen molar-refractivity contribution in [2.24, 2.45) is 5.92 Å². The molecule has 3 unspecified atom stereocenters. The summed E-state index contributed by atoms with van der Waals surface area (Å²) in [5.41, 5.74) is 2.61. The number of aromatic nitrogens is 1. The van der Waals surface area contributed by atoms with Crippen molar-refractivity contribution in [3.63, 3.8) is 0 Å². The topological polar surface area (TPSA) is 138 Å². The number of rotatable bonds is 15. The number of hydrogen-bond acceptors (Lipinski definition) is 8. The number of ether oxygens (including phenoxy) is 1. The van der Waals surface area contributed by atoms with Crippen LogP contribution in [0.4, 0.5) is 4.79 Å². The number of carboxylic acid groups (broad SMARTS) is 1. The number of nitrogens with one attached hydrogen (secondary N) is 2. The van der Waals surface area contributed by atoms with Crippen LogP contribution in [0.1, 0.15) is 67.4 Å². The van der Waals surface area contributed by atoms with Crippen LogP contribution in [0.2, 0.25) is 0 Å². The highest BCUT2D eigenvalue weighted by Gasteiger charge is 2.43. The summed E-state index contributed by atoms with van der Waals surface area (Å²) in [5, 5.41) is 39.3. The molecule has 10 nitrogen and oxygen atoms in total. The van der Waals surface area contributed by atoms with Crippen LogP contribution in [0.5, 0.6) is 11.5 Å². The van der Waals surface area contributed by atoms with Crippen molar-refractivity contribution in [3.8, 4) is 11.5 Å². The number of piperidine rings is 3. The highest BCUT2D eigenvalue weighted by atomic mass is 32.1. The molecule has 0 radical (unpaired) electrons. The van der Waals surface area contributed by atoms with Crippen LogP contribution in [0.25, 0.3) is 10.9 Å². The first-order chi connectivity index (χ1) is 22.9. The first-order valence-corrected chi connectivity index (χ1v) is 17.6. The minimum atomic E-state index is -0.873. The Morgan fingerprint density at radius 3 is 2.64 bits per heavy atom. The number of phenols is 1. The zero-order valence-corrected chi connectivity index (χ0v) is 27.3. The van der Waals surface area contributed by atoms with Crippen molar-refractivity contribution in [3.05, 3.63) is 92.4 Å². The molecule has 3 fully saturated rings. The number of unbranched alkanes of at least 4 members (excludes halogenated alkanes) is 3. The maximum atomic E-state index is 12.8. The fourth-order valence-electron chi connectivity index (χ4n) is 7.21. The van der Waals surface area contributed by atoms with Crippen molar-refractivity contribution in [2.45, 2.75) is 56.7 Å². The van der Waals surface area contributed by atoms with Crippen molar-refractivity contribution >= 4 is 28.3 Å². The van der Waals surface area contributed by atoms with Gasteiger partial charge < -0.3 is 35.3 Å². The van der Waals surface area contributed by atoms with Crippen molar-refractivity contribution in [1.29, 1.82) is 0 Å². The van der Waals surface area contributed by atoms with Crippen LogP contribution >= 0.6 is 11.3 Å². The third kappa shape index (κ3) is 7.81. The number of phenolic OH excluding ortho intramolecular Hbond substituents is 1. The van der Waals surface area contributed by atoms with E-state index in [1.54, 1.807) is 28.4 Å². The van der Waals surface area contributed by atoms with E-state index in [1.807, 2.05) is 35.7 Å². The summed E-state index contributed by atoms with van der Waals surface area (Å²) in [7, 11) is 0. The lowest BCUT2D eigenvalue weighted by atomic mass is 9.82. The van der Waals surface area contributed by atoms with Crippen LogP contribution < -0.4 is 15.6 Å². The number of aromatic hydroxyl groups is 1. The van der Waals surface area contributed by atoms with Gasteiger partial charge in [0.1, 0.15) is 11.5 Å². The smallest absolute Gasteiger partial charge is 0.408 e. The summed E-state index contributed by atoms with van der Waals surface area (Å²) in [6, 6.07) is 15.7. The van der Waals surface area contributed by atoms with Gasteiger partial charge in [-0.2, -0.15) is 11.3 Å². The van der Waals surface area contributed by atoms with E-state index in [4.69, 9.17) is 4.74 Å². The minimum Gasteiger partial charge on any atom is -0.506 e. The predicted octanol–water partition coefficient (Wildman–Crippen LogP) is 5.72. The Morgan fingerprint density at radius 2 is 1.89 bits per heavy atom. The number of aliphatic hydroxyl groups excluding tert-OH is 1. The number of nitrogens with zero attached hydrogens (tertiary/aromatic N) is 2. The average molecular weight is 661 g/mol. The summed E-state index contributed by atoms with van der Waals surface area (Å²) in [6.07, 6.45) is 4.33. The third-order valence-electron chi connectivity index (χ3n) is 9.63. The highest BCUT2D eigenvalue weighted by molar-refractivity contribution is 7.08. The number of hydrogen-bond donors (Lipinski definition) is 5. The van der Waals surface area contributed by atoms with Gasteiger partial charge in [0.15, 0.2) is 0 Å². The van der Waals surface area contributed by atoms with E-state index >= 15 is 0 Å². The molecule has 3 atom stereocenters. The predicted molar refractivity (Wildman–Crippen MR) is 183 cm³/mol. The number of fused-ring (bicyclic) bond motifs is 4. The van der Waals surface area contributed by atoms with E-state index in [-0.39, 0.29) is 23.4 Å². The van der Waals surface area contributed by atoms with Crippen molar-refractivity contribution < 1.29 is 24.9 Å². The Labute approximate surface area is 278 Å². The Bertz CT molecular complexity index is 1690. The van der Waals surface area contributed by atoms with E-state index in [1.165, 1.54) is 12.1 Å². The van der Waals surface area contributed by atoms with E-state index in [9.17, 15) is 24.9 Å². The van der Waals surface area contributed by atoms with Gasteiger partial charge in [-0.1, -0.05) is 31.0 Å². The monoisotopic (exact) mass is 660 g/mol. The van der Waals surface area contributed by atoms with Crippen LogP contribution in [0, 0.1) is 5.92 Å². The fourth-order valence-corrected chi connectivity index (χ4v) is 7.88. The number of thiophene rings is 1. The molecule has 5 N–H and O–H groups in total. The molecule has 3 saturated heterocycles. The molecule has 2 aromatic carbocycles. The van der Waals surface area contributed by atoms with Gasteiger partial charge in [0.05, 0.1) is 30.3 Å². The SMILES string of the molecule is O=C(O)N(C(c1ccsc1)c1cccc(OCCCCCCNCC(O)c2ccc(O)c3[nH]c(=O)ccc23)c1)C1CN2CCC1CC2. The summed E-state index contributed by atoms with van der Waals surface area (Å²) >= 11 is 1.59. The van der Waals surface area contributed by atoms with Gasteiger partial charge in [-0.25, -0.2) is 4.79 Å². The lowest BCUT2D eigenvalue weighted by Crippen LogP contribution is -2.59. The molecule has 2 bridgehead atoms. The Kier molecular flexibility index (Phi) is 10.8. The molecule has 3 aliphatic heterocycles. The molecule has 7 rings (SSSR count). The van der Waals surface area contributed by atoms with Gasteiger partial charge >= 0.3 is 6.09 Å². The summed E-state index contributed by atoms with van der Waals surface area (Å²) in [5.74, 6) is 1.12. The second kappa shape index (κ2) is 15.3. The zero-order valence-electron chi connectivity index (χ0n) is 26.5. The van der Waals surface area contributed by atoms with Crippen LogP contribution in [0.3, 0.4) is 0 Å². The second-order valence-corrected chi connectivity index (χ2v) is 13.5. The molecule has 5 heterocycles. The molecule has 11 heteroatoms. The zero-order chi connectivity index (χ0) is 32.8. The van der Waals surface area contributed by atoms with Gasteiger partial charge in [0.2, 0.25) is 5.56 Å². The number of pyridine rings is 1.